The molecule has 0 fully saturated rings. The molecule has 0 amide bonds. The first-order chi connectivity index (χ1) is 8.63. The minimum atomic E-state index is -0.363. The Kier molecular flexibility index (Phi) is 2.03. The maximum atomic E-state index is 11.6. The third-order valence-corrected chi connectivity index (χ3v) is 2.43. The summed E-state index contributed by atoms with van der Waals surface area (Å²) in [6.45, 7) is 0. The Bertz CT molecular complexity index is 788. The minimum Gasteiger partial charge on any atom is -0.384 e. The molecule has 3 aromatic rings. The van der Waals surface area contributed by atoms with Crippen LogP contribution in [0.4, 0.5) is 11.8 Å². The van der Waals surface area contributed by atoms with Crippen molar-refractivity contribution in [3.05, 3.63) is 28.7 Å². The molecular formula is C10H9N7O. The summed E-state index contributed by atoms with van der Waals surface area (Å²) in [5.41, 5.74) is 11.9. The van der Waals surface area contributed by atoms with Gasteiger partial charge < -0.3 is 16.5 Å². The molecule has 0 aromatic carbocycles. The van der Waals surface area contributed by atoms with Gasteiger partial charge in [0.05, 0.1) is 0 Å². The average molecular weight is 243 g/mol. The number of rotatable bonds is 1. The molecule has 3 heterocycles. The van der Waals surface area contributed by atoms with Crippen molar-refractivity contribution in [3.8, 4) is 11.4 Å². The van der Waals surface area contributed by atoms with E-state index in [0.717, 1.165) is 5.56 Å². The Labute approximate surface area is 100 Å². The topological polar surface area (TPSA) is 139 Å². The van der Waals surface area contributed by atoms with Gasteiger partial charge in [-0.05, 0) is 12.1 Å². The number of H-pyrrole nitrogens is 2. The number of nitrogens with zero attached hydrogens (tertiary/aromatic N) is 3. The third kappa shape index (κ3) is 1.56. The number of pyridine rings is 1. The standard InChI is InChI=1S/C10H9N7O/c11-5-3-4(1-2-13-5)7-14-6-8(15-7)16-10(12)17-9(6)18/h1-3H,(H2,11,13)(H4,12,14,15,16,17,18). The molecule has 0 saturated carbocycles. The van der Waals surface area contributed by atoms with Gasteiger partial charge in [0, 0.05) is 11.8 Å². The molecule has 0 bridgehead atoms. The molecule has 0 radical (unpaired) electrons. The van der Waals surface area contributed by atoms with Crippen LogP contribution in [0.3, 0.4) is 0 Å². The lowest BCUT2D eigenvalue weighted by molar-refractivity contribution is 1.17. The van der Waals surface area contributed by atoms with E-state index in [9.17, 15) is 4.79 Å². The lowest BCUT2D eigenvalue weighted by atomic mass is 10.2. The summed E-state index contributed by atoms with van der Waals surface area (Å²) in [4.78, 5) is 28.9. The summed E-state index contributed by atoms with van der Waals surface area (Å²) >= 11 is 0. The zero-order valence-electron chi connectivity index (χ0n) is 9.14. The highest BCUT2D eigenvalue weighted by Crippen LogP contribution is 2.18. The first kappa shape index (κ1) is 10.3. The van der Waals surface area contributed by atoms with Crippen LogP contribution in [0.1, 0.15) is 0 Å². The van der Waals surface area contributed by atoms with Crippen LogP contribution in [-0.2, 0) is 0 Å². The second-order valence-electron chi connectivity index (χ2n) is 3.70. The fraction of sp³-hybridized carbons (Fsp3) is 0. The largest absolute Gasteiger partial charge is 0.384 e. The number of aromatic nitrogens is 5. The Morgan fingerprint density at radius 2 is 2.00 bits per heavy atom. The van der Waals surface area contributed by atoms with E-state index in [1.54, 1.807) is 18.3 Å². The van der Waals surface area contributed by atoms with Crippen molar-refractivity contribution in [2.45, 2.75) is 0 Å². The van der Waals surface area contributed by atoms with Crippen LogP contribution in [0.15, 0.2) is 23.1 Å². The van der Waals surface area contributed by atoms with E-state index in [0.29, 0.717) is 11.6 Å². The zero-order valence-corrected chi connectivity index (χ0v) is 9.14. The van der Waals surface area contributed by atoms with E-state index in [4.69, 9.17) is 11.5 Å². The fourth-order valence-corrected chi connectivity index (χ4v) is 1.66. The number of hydrogen-bond donors (Lipinski definition) is 4. The minimum absolute atomic E-state index is 0.0276. The number of hydrogen-bond acceptors (Lipinski definition) is 6. The summed E-state index contributed by atoms with van der Waals surface area (Å²) in [5.74, 6) is 0.886. The predicted molar refractivity (Wildman–Crippen MR) is 66.6 cm³/mol. The SMILES string of the molecule is Nc1cc(-c2nc3nc(N)[nH]c(=O)c3[nH]2)ccn1. The smallest absolute Gasteiger partial charge is 0.278 e. The Hall–Kier alpha value is -2.90. The van der Waals surface area contributed by atoms with Crippen LogP contribution in [0, 0.1) is 0 Å². The monoisotopic (exact) mass is 243 g/mol. The highest BCUT2D eigenvalue weighted by molar-refractivity contribution is 5.76. The molecule has 0 saturated heterocycles. The van der Waals surface area contributed by atoms with Gasteiger partial charge >= 0.3 is 0 Å². The van der Waals surface area contributed by atoms with Crippen molar-refractivity contribution in [2.24, 2.45) is 0 Å². The number of imidazole rings is 1. The molecule has 0 aliphatic heterocycles. The molecule has 0 aliphatic rings. The maximum Gasteiger partial charge on any atom is 0.278 e. The first-order valence-electron chi connectivity index (χ1n) is 5.11. The van der Waals surface area contributed by atoms with Crippen molar-refractivity contribution in [1.29, 1.82) is 0 Å². The summed E-state index contributed by atoms with van der Waals surface area (Å²) in [5, 5.41) is 0. The number of aromatic amines is 2. The summed E-state index contributed by atoms with van der Waals surface area (Å²) in [6, 6.07) is 3.38. The Morgan fingerprint density at radius 1 is 1.17 bits per heavy atom. The molecule has 3 aromatic heterocycles. The lowest BCUT2D eigenvalue weighted by Gasteiger charge is -1.96. The van der Waals surface area contributed by atoms with E-state index in [-0.39, 0.29) is 22.7 Å². The fourth-order valence-electron chi connectivity index (χ4n) is 1.66. The van der Waals surface area contributed by atoms with Gasteiger partial charge in [0.1, 0.15) is 11.6 Å². The van der Waals surface area contributed by atoms with Crippen molar-refractivity contribution >= 4 is 22.9 Å². The van der Waals surface area contributed by atoms with E-state index in [1.807, 2.05) is 0 Å². The number of anilines is 2. The van der Waals surface area contributed by atoms with Crippen LogP contribution >= 0.6 is 0 Å². The van der Waals surface area contributed by atoms with Crippen molar-refractivity contribution in [2.75, 3.05) is 11.5 Å². The molecule has 18 heavy (non-hydrogen) atoms. The van der Waals surface area contributed by atoms with Crippen molar-refractivity contribution in [1.82, 2.24) is 24.9 Å². The van der Waals surface area contributed by atoms with Crippen LogP contribution in [0.5, 0.6) is 0 Å². The van der Waals surface area contributed by atoms with Gasteiger partial charge in [-0.1, -0.05) is 0 Å². The summed E-state index contributed by atoms with van der Waals surface area (Å²) < 4.78 is 0. The summed E-state index contributed by atoms with van der Waals surface area (Å²) in [7, 11) is 0. The quantitative estimate of drug-likeness (QED) is 0.469. The third-order valence-electron chi connectivity index (χ3n) is 2.43. The van der Waals surface area contributed by atoms with Crippen molar-refractivity contribution in [3.63, 3.8) is 0 Å². The zero-order chi connectivity index (χ0) is 12.7. The van der Waals surface area contributed by atoms with Gasteiger partial charge in [-0.15, -0.1) is 0 Å². The lowest BCUT2D eigenvalue weighted by Crippen LogP contribution is -2.10. The van der Waals surface area contributed by atoms with E-state index in [1.165, 1.54) is 0 Å². The molecule has 0 aliphatic carbocycles. The van der Waals surface area contributed by atoms with Crippen LogP contribution in [0.25, 0.3) is 22.6 Å². The summed E-state index contributed by atoms with van der Waals surface area (Å²) in [6.07, 6.45) is 1.56. The van der Waals surface area contributed by atoms with Gasteiger partial charge in [-0.2, -0.15) is 4.98 Å². The van der Waals surface area contributed by atoms with Gasteiger partial charge in [0.15, 0.2) is 11.2 Å². The highest BCUT2D eigenvalue weighted by atomic mass is 16.1. The predicted octanol–water partition coefficient (Wildman–Crippen LogP) is -0.127. The second kappa shape index (κ2) is 3.55. The normalized spacial score (nSPS) is 10.9. The number of nitrogens with one attached hydrogen (secondary N) is 2. The molecule has 6 N–H and O–H groups in total. The number of fused-ring (bicyclic) bond motifs is 1. The molecule has 0 atom stereocenters. The van der Waals surface area contributed by atoms with Crippen molar-refractivity contribution < 1.29 is 0 Å². The van der Waals surface area contributed by atoms with Gasteiger partial charge in [-0.25, -0.2) is 9.97 Å². The average Bonchev–Trinajstić information content (AvgIpc) is 2.73. The van der Waals surface area contributed by atoms with E-state index in [2.05, 4.69) is 24.9 Å². The Balaban J connectivity index is 2.26. The van der Waals surface area contributed by atoms with Crippen LogP contribution in [0.2, 0.25) is 0 Å². The molecule has 0 unspecified atom stereocenters. The molecule has 90 valence electrons. The van der Waals surface area contributed by atoms with Gasteiger partial charge in [-0.3, -0.25) is 9.78 Å². The van der Waals surface area contributed by atoms with Gasteiger partial charge in [0.25, 0.3) is 5.56 Å². The molecular weight excluding hydrogens is 234 g/mol. The molecule has 8 nitrogen and oxygen atoms in total. The van der Waals surface area contributed by atoms with Crippen LogP contribution < -0.4 is 17.0 Å². The first-order valence-corrected chi connectivity index (χ1v) is 5.11. The Morgan fingerprint density at radius 3 is 2.78 bits per heavy atom. The van der Waals surface area contributed by atoms with Gasteiger partial charge in [0.2, 0.25) is 5.95 Å². The molecule has 8 heteroatoms. The molecule has 3 rings (SSSR count). The highest BCUT2D eigenvalue weighted by Gasteiger charge is 2.10. The van der Waals surface area contributed by atoms with Crippen LogP contribution in [-0.4, -0.2) is 24.9 Å². The second-order valence-corrected chi connectivity index (χ2v) is 3.70. The van der Waals surface area contributed by atoms with E-state index < -0.39 is 0 Å². The molecule has 0 spiro atoms. The maximum absolute atomic E-state index is 11.6. The van der Waals surface area contributed by atoms with E-state index >= 15 is 0 Å². The number of nitrogens with two attached hydrogens (primary N) is 2. The number of nitrogen functional groups attached to an aromatic ring is 2.